The summed E-state index contributed by atoms with van der Waals surface area (Å²) in [5, 5.41) is 16.0. The van der Waals surface area contributed by atoms with Crippen LogP contribution in [0.15, 0.2) is 73.1 Å². The van der Waals surface area contributed by atoms with Crippen molar-refractivity contribution in [3.8, 4) is 0 Å². The van der Waals surface area contributed by atoms with Gasteiger partial charge in [-0.25, -0.2) is 9.59 Å². The number of amides is 2. The second-order valence-electron chi connectivity index (χ2n) is 7.24. The Morgan fingerprint density at radius 3 is 2.52 bits per heavy atom. The van der Waals surface area contributed by atoms with E-state index in [2.05, 4.69) is 15.6 Å². The number of nitrogens with zero attached hydrogens (tertiary/aromatic N) is 2. The van der Waals surface area contributed by atoms with E-state index in [9.17, 15) is 14.7 Å². The van der Waals surface area contributed by atoms with Crippen LogP contribution in [-0.4, -0.2) is 26.7 Å². The van der Waals surface area contributed by atoms with E-state index in [-0.39, 0.29) is 11.6 Å². The minimum Gasteiger partial charge on any atom is -0.478 e. The number of pyridine rings is 1. The first-order valence-electron chi connectivity index (χ1n) is 9.87. The average molecular weight is 414 g/mol. The Balaban J connectivity index is 1.61. The van der Waals surface area contributed by atoms with Gasteiger partial charge < -0.3 is 20.3 Å². The van der Waals surface area contributed by atoms with Crippen LogP contribution < -0.4 is 10.6 Å². The van der Waals surface area contributed by atoms with Crippen LogP contribution in [-0.2, 0) is 13.1 Å². The van der Waals surface area contributed by atoms with Gasteiger partial charge in [0.15, 0.2) is 0 Å². The summed E-state index contributed by atoms with van der Waals surface area (Å²) in [6, 6.07) is 18.5. The molecule has 7 heteroatoms. The third-order valence-corrected chi connectivity index (χ3v) is 5.16. The van der Waals surface area contributed by atoms with Gasteiger partial charge in [-0.2, -0.15) is 0 Å². The molecule has 4 aromatic rings. The number of carboxylic acid groups (broad SMARTS) is 1. The molecule has 2 heterocycles. The van der Waals surface area contributed by atoms with Crippen LogP contribution in [0.3, 0.4) is 0 Å². The predicted molar refractivity (Wildman–Crippen MR) is 119 cm³/mol. The molecule has 0 radical (unpaired) electrons. The van der Waals surface area contributed by atoms with Crippen molar-refractivity contribution in [2.45, 2.75) is 20.0 Å². The maximum Gasteiger partial charge on any atom is 0.338 e. The number of fused-ring (bicyclic) bond motifs is 1. The fraction of sp³-hybridized carbons (Fsp3) is 0.125. The second-order valence-corrected chi connectivity index (χ2v) is 7.24. The summed E-state index contributed by atoms with van der Waals surface area (Å²) in [6.45, 7) is 2.70. The molecule has 3 N–H and O–H groups in total. The number of benzene rings is 2. The standard InChI is InChI=1S/C24H22N4O3/c1-16-22(23(29)30)20-10-9-19(27-24(31)26-14-18-8-5-11-25-13-18)12-21(20)28(16)15-17-6-3-2-4-7-17/h2-13H,14-15H2,1H3,(H,29,30)(H2,26,27,31). The molecule has 0 spiro atoms. The zero-order chi connectivity index (χ0) is 21.8. The van der Waals surface area contributed by atoms with Crippen molar-refractivity contribution in [1.82, 2.24) is 14.9 Å². The Bertz CT molecular complexity index is 1230. The largest absolute Gasteiger partial charge is 0.478 e. The lowest BCUT2D eigenvalue weighted by molar-refractivity contribution is 0.0698. The van der Waals surface area contributed by atoms with Gasteiger partial charge in [0.05, 0.1) is 11.1 Å². The smallest absolute Gasteiger partial charge is 0.338 e. The quantitative estimate of drug-likeness (QED) is 0.435. The summed E-state index contributed by atoms with van der Waals surface area (Å²) in [5.41, 5.74) is 4.24. The number of nitrogens with one attached hydrogen (secondary N) is 2. The molecule has 0 bridgehead atoms. The van der Waals surface area contributed by atoms with Crippen LogP contribution >= 0.6 is 0 Å². The zero-order valence-corrected chi connectivity index (χ0v) is 17.0. The number of anilines is 1. The summed E-state index contributed by atoms with van der Waals surface area (Å²) >= 11 is 0. The molecule has 2 aromatic heterocycles. The molecule has 0 unspecified atom stereocenters. The van der Waals surface area contributed by atoms with E-state index in [1.807, 2.05) is 47.0 Å². The molecule has 0 fully saturated rings. The maximum atomic E-state index is 12.3. The molecule has 0 aliphatic rings. The van der Waals surface area contributed by atoms with Crippen molar-refractivity contribution in [2.24, 2.45) is 0 Å². The number of carboxylic acids is 1. The fourth-order valence-electron chi connectivity index (χ4n) is 3.65. The monoisotopic (exact) mass is 414 g/mol. The minimum atomic E-state index is -0.968. The minimum absolute atomic E-state index is 0.276. The highest BCUT2D eigenvalue weighted by Gasteiger charge is 2.20. The number of carbonyl (C=O) groups excluding carboxylic acids is 1. The van der Waals surface area contributed by atoms with Gasteiger partial charge in [0.25, 0.3) is 0 Å². The van der Waals surface area contributed by atoms with Gasteiger partial charge in [-0.15, -0.1) is 0 Å². The number of aromatic nitrogens is 2. The van der Waals surface area contributed by atoms with Crippen LogP contribution in [0.25, 0.3) is 10.9 Å². The molecule has 2 amide bonds. The van der Waals surface area contributed by atoms with E-state index in [0.717, 1.165) is 16.6 Å². The van der Waals surface area contributed by atoms with Crippen LogP contribution in [0.5, 0.6) is 0 Å². The van der Waals surface area contributed by atoms with Crippen molar-refractivity contribution in [3.05, 3.63) is 95.4 Å². The van der Waals surface area contributed by atoms with E-state index in [1.165, 1.54) is 0 Å². The normalized spacial score (nSPS) is 10.7. The van der Waals surface area contributed by atoms with Crippen molar-refractivity contribution < 1.29 is 14.7 Å². The van der Waals surface area contributed by atoms with Crippen LogP contribution in [0, 0.1) is 6.92 Å². The highest BCUT2D eigenvalue weighted by atomic mass is 16.4. The highest BCUT2D eigenvalue weighted by Crippen LogP contribution is 2.29. The van der Waals surface area contributed by atoms with E-state index >= 15 is 0 Å². The van der Waals surface area contributed by atoms with Gasteiger partial charge in [0, 0.05) is 42.3 Å². The number of rotatable bonds is 6. The number of aromatic carboxylic acids is 1. The molecule has 156 valence electrons. The third kappa shape index (κ3) is 4.40. The van der Waals surface area contributed by atoms with Crippen LogP contribution in [0.1, 0.15) is 27.2 Å². The highest BCUT2D eigenvalue weighted by molar-refractivity contribution is 6.06. The molecule has 4 rings (SSSR count). The van der Waals surface area contributed by atoms with E-state index in [1.54, 1.807) is 37.5 Å². The summed E-state index contributed by atoms with van der Waals surface area (Å²) in [5.74, 6) is -0.968. The Morgan fingerprint density at radius 1 is 1.03 bits per heavy atom. The fourth-order valence-corrected chi connectivity index (χ4v) is 3.65. The van der Waals surface area contributed by atoms with Crippen molar-refractivity contribution in [3.63, 3.8) is 0 Å². The predicted octanol–water partition coefficient (Wildman–Crippen LogP) is 4.41. The van der Waals surface area contributed by atoms with Crippen LogP contribution in [0.2, 0.25) is 0 Å². The topological polar surface area (TPSA) is 96.2 Å². The Hall–Kier alpha value is -4.13. The van der Waals surface area contributed by atoms with Gasteiger partial charge in [-0.1, -0.05) is 36.4 Å². The first-order valence-corrected chi connectivity index (χ1v) is 9.87. The van der Waals surface area contributed by atoms with E-state index < -0.39 is 5.97 Å². The number of urea groups is 1. The summed E-state index contributed by atoms with van der Waals surface area (Å²) in [7, 11) is 0. The molecule has 31 heavy (non-hydrogen) atoms. The number of carbonyl (C=O) groups is 2. The van der Waals surface area contributed by atoms with E-state index in [0.29, 0.717) is 29.9 Å². The molecular weight excluding hydrogens is 392 g/mol. The Labute approximate surface area is 179 Å². The number of hydrogen-bond donors (Lipinski definition) is 3. The van der Waals surface area contributed by atoms with Crippen molar-refractivity contribution >= 4 is 28.6 Å². The second kappa shape index (κ2) is 8.71. The van der Waals surface area contributed by atoms with Gasteiger partial charge >= 0.3 is 12.0 Å². The first kappa shape index (κ1) is 20.2. The molecule has 7 nitrogen and oxygen atoms in total. The lowest BCUT2D eigenvalue weighted by atomic mass is 10.1. The molecule has 0 aliphatic heterocycles. The third-order valence-electron chi connectivity index (χ3n) is 5.16. The maximum absolute atomic E-state index is 12.3. The average Bonchev–Trinajstić information content (AvgIpc) is 3.05. The molecule has 0 saturated heterocycles. The molecule has 0 atom stereocenters. The van der Waals surface area contributed by atoms with Crippen LogP contribution in [0.4, 0.5) is 10.5 Å². The van der Waals surface area contributed by atoms with Crippen molar-refractivity contribution in [1.29, 1.82) is 0 Å². The Kier molecular flexibility index (Phi) is 5.66. The first-order chi connectivity index (χ1) is 15.0. The Morgan fingerprint density at radius 2 is 1.81 bits per heavy atom. The number of hydrogen-bond acceptors (Lipinski definition) is 3. The lowest BCUT2D eigenvalue weighted by Gasteiger charge is -2.11. The lowest BCUT2D eigenvalue weighted by Crippen LogP contribution is -2.28. The van der Waals surface area contributed by atoms with Gasteiger partial charge in [0.1, 0.15) is 0 Å². The van der Waals surface area contributed by atoms with Gasteiger partial charge in [-0.3, -0.25) is 4.98 Å². The van der Waals surface area contributed by atoms with Gasteiger partial charge in [0.2, 0.25) is 0 Å². The molecule has 2 aromatic carbocycles. The summed E-state index contributed by atoms with van der Waals surface area (Å²) < 4.78 is 1.97. The molecule has 0 saturated carbocycles. The molecule has 0 aliphatic carbocycles. The SMILES string of the molecule is Cc1c(C(=O)O)c2ccc(NC(=O)NCc3cccnc3)cc2n1Cc1ccccc1. The summed E-state index contributed by atoms with van der Waals surface area (Å²) in [4.78, 5) is 28.2. The zero-order valence-electron chi connectivity index (χ0n) is 17.0. The van der Waals surface area contributed by atoms with E-state index in [4.69, 9.17) is 0 Å². The summed E-state index contributed by atoms with van der Waals surface area (Å²) in [6.07, 6.45) is 3.37. The molecular formula is C24H22N4O3. The van der Waals surface area contributed by atoms with Crippen molar-refractivity contribution in [2.75, 3.05) is 5.32 Å². The van der Waals surface area contributed by atoms with Gasteiger partial charge in [-0.05, 0) is 42.3 Å².